The lowest BCUT2D eigenvalue weighted by Gasteiger charge is -2.20. The van der Waals surface area contributed by atoms with Crippen LogP contribution < -0.4 is 10.6 Å². The van der Waals surface area contributed by atoms with Crippen molar-refractivity contribution in [3.05, 3.63) is 53.3 Å². The van der Waals surface area contributed by atoms with Gasteiger partial charge in [0.15, 0.2) is 0 Å². The van der Waals surface area contributed by atoms with Gasteiger partial charge in [-0.05, 0) is 35.4 Å². The van der Waals surface area contributed by atoms with Gasteiger partial charge in [-0.25, -0.2) is 0 Å². The maximum Gasteiger partial charge on any atom is 0.257 e. The number of hydrogen-bond donors (Lipinski definition) is 2. The molecule has 5 nitrogen and oxygen atoms in total. The van der Waals surface area contributed by atoms with Gasteiger partial charge in [-0.2, -0.15) is 0 Å². The Morgan fingerprint density at radius 2 is 1.78 bits per heavy atom. The first kappa shape index (κ1) is 20.9. The molecule has 0 saturated carbocycles. The van der Waals surface area contributed by atoms with Crippen LogP contribution in [0.4, 0.5) is 11.4 Å². The van der Waals surface area contributed by atoms with Crippen LogP contribution in [-0.4, -0.2) is 31.2 Å². The van der Waals surface area contributed by atoms with Crippen LogP contribution in [0.3, 0.4) is 0 Å². The third-order valence-electron chi connectivity index (χ3n) is 4.47. The Hall–Kier alpha value is -2.40. The molecule has 0 saturated heterocycles. The molecule has 0 aliphatic heterocycles. The lowest BCUT2D eigenvalue weighted by atomic mass is 9.92. The minimum atomic E-state index is -0.141. The molecule has 1 aromatic carbocycles. The first-order valence-corrected chi connectivity index (χ1v) is 9.56. The smallest absolute Gasteiger partial charge is 0.257 e. The molecule has 1 heterocycles. The molecule has 0 radical (unpaired) electrons. The summed E-state index contributed by atoms with van der Waals surface area (Å²) in [6.07, 6.45) is 4.22. The summed E-state index contributed by atoms with van der Waals surface area (Å²) in [6, 6.07) is 8.06. The van der Waals surface area contributed by atoms with Crippen LogP contribution in [0.25, 0.3) is 0 Å². The molecule has 0 atom stereocenters. The highest BCUT2D eigenvalue weighted by Gasteiger charge is 2.17. The summed E-state index contributed by atoms with van der Waals surface area (Å²) in [7, 11) is 1.69. The first-order valence-electron chi connectivity index (χ1n) is 9.56. The van der Waals surface area contributed by atoms with Crippen LogP contribution in [0.15, 0.2) is 36.7 Å². The number of hydrogen-bond acceptors (Lipinski definition) is 4. The molecule has 1 aromatic heterocycles. The van der Waals surface area contributed by atoms with Gasteiger partial charge < -0.3 is 15.4 Å². The van der Waals surface area contributed by atoms with Crippen molar-refractivity contribution in [1.82, 2.24) is 4.98 Å². The van der Waals surface area contributed by atoms with E-state index in [1.807, 2.05) is 6.07 Å². The third-order valence-corrected chi connectivity index (χ3v) is 4.47. The molecule has 0 aliphatic carbocycles. The van der Waals surface area contributed by atoms with E-state index in [2.05, 4.69) is 61.5 Å². The number of carbonyl (C=O) groups excluding carboxylic acids is 1. The summed E-state index contributed by atoms with van der Waals surface area (Å²) in [5.74, 6) is 0.509. The summed E-state index contributed by atoms with van der Waals surface area (Å²) < 4.78 is 5.05. The van der Waals surface area contributed by atoms with E-state index in [0.29, 0.717) is 24.0 Å². The van der Waals surface area contributed by atoms with E-state index in [4.69, 9.17) is 4.74 Å². The minimum absolute atomic E-state index is 0.141. The van der Waals surface area contributed by atoms with Crippen molar-refractivity contribution in [2.24, 2.45) is 0 Å². The van der Waals surface area contributed by atoms with Crippen molar-refractivity contribution in [3.63, 3.8) is 0 Å². The second-order valence-electron chi connectivity index (χ2n) is 7.31. The number of benzene rings is 1. The van der Waals surface area contributed by atoms with Crippen molar-refractivity contribution in [3.8, 4) is 0 Å². The first-order chi connectivity index (χ1) is 12.9. The van der Waals surface area contributed by atoms with Crippen molar-refractivity contribution in [2.75, 3.05) is 30.9 Å². The number of ether oxygens (including phenoxy) is 1. The molecular formula is C22H31N3O2. The number of para-hydroxylation sites is 1. The number of aromatic nitrogens is 1. The second-order valence-corrected chi connectivity index (χ2v) is 7.31. The average molecular weight is 370 g/mol. The number of methoxy groups -OCH3 is 1. The Bertz CT molecular complexity index is 731. The zero-order valence-electron chi connectivity index (χ0n) is 17.0. The Labute approximate surface area is 162 Å². The van der Waals surface area contributed by atoms with Gasteiger partial charge in [0.05, 0.1) is 11.3 Å². The Morgan fingerprint density at radius 3 is 2.37 bits per heavy atom. The molecular weight excluding hydrogens is 338 g/mol. The molecule has 2 aromatic rings. The standard InChI is InChI=1S/C22H31N3O2/c1-15(2)19-8-6-9-20(16(3)4)21(19)25-22(26)17-12-18(14-23-13-17)24-10-7-11-27-5/h6,8-9,12-16,24H,7,10-11H2,1-5H3,(H,25,26). The van der Waals surface area contributed by atoms with Crippen LogP contribution in [0.5, 0.6) is 0 Å². The molecule has 0 spiro atoms. The normalized spacial score (nSPS) is 11.1. The topological polar surface area (TPSA) is 63.2 Å². The van der Waals surface area contributed by atoms with Gasteiger partial charge in [-0.1, -0.05) is 45.9 Å². The number of carbonyl (C=O) groups is 1. The Kier molecular flexibility index (Phi) is 7.80. The number of anilines is 2. The highest BCUT2D eigenvalue weighted by molar-refractivity contribution is 6.05. The quantitative estimate of drug-likeness (QED) is 0.609. The largest absolute Gasteiger partial charge is 0.385 e. The summed E-state index contributed by atoms with van der Waals surface area (Å²) in [6.45, 7) is 10.0. The number of nitrogens with one attached hydrogen (secondary N) is 2. The fourth-order valence-corrected chi connectivity index (χ4v) is 2.99. The summed E-state index contributed by atoms with van der Waals surface area (Å²) in [5, 5.41) is 6.41. The molecule has 2 N–H and O–H groups in total. The number of rotatable bonds is 9. The van der Waals surface area contributed by atoms with Crippen LogP contribution >= 0.6 is 0 Å². The van der Waals surface area contributed by atoms with E-state index in [9.17, 15) is 4.79 Å². The number of amides is 1. The molecule has 1 amide bonds. The van der Waals surface area contributed by atoms with E-state index in [1.54, 1.807) is 19.5 Å². The van der Waals surface area contributed by atoms with Gasteiger partial charge in [-0.15, -0.1) is 0 Å². The maximum absolute atomic E-state index is 12.9. The predicted molar refractivity (Wildman–Crippen MR) is 112 cm³/mol. The van der Waals surface area contributed by atoms with E-state index >= 15 is 0 Å². The zero-order valence-corrected chi connectivity index (χ0v) is 17.0. The molecule has 2 rings (SSSR count). The molecule has 0 aliphatic rings. The Morgan fingerprint density at radius 1 is 1.11 bits per heavy atom. The van der Waals surface area contributed by atoms with Gasteiger partial charge in [0.2, 0.25) is 0 Å². The Balaban J connectivity index is 2.20. The average Bonchev–Trinajstić information content (AvgIpc) is 2.65. The third kappa shape index (κ3) is 5.79. The highest BCUT2D eigenvalue weighted by Crippen LogP contribution is 2.32. The van der Waals surface area contributed by atoms with E-state index in [0.717, 1.165) is 35.5 Å². The lowest BCUT2D eigenvalue weighted by molar-refractivity contribution is 0.102. The van der Waals surface area contributed by atoms with Gasteiger partial charge in [0.1, 0.15) is 0 Å². The van der Waals surface area contributed by atoms with Crippen molar-refractivity contribution < 1.29 is 9.53 Å². The maximum atomic E-state index is 12.9. The van der Waals surface area contributed by atoms with Gasteiger partial charge >= 0.3 is 0 Å². The molecule has 0 unspecified atom stereocenters. The fourth-order valence-electron chi connectivity index (χ4n) is 2.99. The molecule has 0 bridgehead atoms. The van der Waals surface area contributed by atoms with E-state index in [-0.39, 0.29) is 5.91 Å². The zero-order chi connectivity index (χ0) is 19.8. The fraction of sp³-hybridized carbons (Fsp3) is 0.455. The summed E-state index contributed by atoms with van der Waals surface area (Å²) >= 11 is 0. The van der Waals surface area contributed by atoms with E-state index in [1.165, 1.54) is 0 Å². The van der Waals surface area contributed by atoms with Crippen LogP contribution in [0.1, 0.15) is 67.4 Å². The van der Waals surface area contributed by atoms with Crippen molar-refractivity contribution >= 4 is 17.3 Å². The highest BCUT2D eigenvalue weighted by atomic mass is 16.5. The van der Waals surface area contributed by atoms with Crippen LogP contribution in [-0.2, 0) is 4.74 Å². The van der Waals surface area contributed by atoms with Crippen molar-refractivity contribution in [2.45, 2.75) is 46.0 Å². The molecule has 0 fully saturated rings. The second kappa shape index (κ2) is 10.1. The van der Waals surface area contributed by atoms with Crippen molar-refractivity contribution in [1.29, 1.82) is 0 Å². The summed E-state index contributed by atoms with van der Waals surface area (Å²) in [4.78, 5) is 17.1. The van der Waals surface area contributed by atoms with Gasteiger partial charge in [-0.3, -0.25) is 9.78 Å². The molecule has 27 heavy (non-hydrogen) atoms. The van der Waals surface area contributed by atoms with Gasteiger partial charge in [0.25, 0.3) is 5.91 Å². The minimum Gasteiger partial charge on any atom is -0.385 e. The predicted octanol–water partition coefficient (Wildman–Crippen LogP) is 5.03. The lowest BCUT2D eigenvalue weighted by Crippen LogP contribution is -2.16. The number of pyridine rings is 1. The van der Waals surface area contributed by atoms with Crippen LogP contribution in [0.2, 0.25) is 0 Å². The number of nitrogens with zero attached hydrogens (tertiary/aromatic N) is 1. The molecule has 146 valence electrons. The SMILES string of the molecule is COCCCNc1cncc(C(=O)Nc2c(C(C)C)cccc2C(C)C)c1. The molecule has 5 heteroatoms. The summed E-state index contributed by atoms with van der Waals surface area (Å²) in [5.41, 5.74) is 4.60. The van der Waals surface area contributed by atoms with Gasteiger partial charge in [0, 0.05) is 38.3 Å². The van der Waals surface area contributed by atoms with Crippen LogP contribution in [0, 0.1) is 0 Å². The van der Waals surface area contributed by atoms with E-state index < -0.39 is 0 Å². The monoisotopic (exact) mass is 369 g/mol.